The molecule has 0 unspecified atom stereocenters. The predicted octanol–water partition coefficient (Wildman–Crippen LogP) is 0.197. The van der Waals surface area contributed by atoms with Crippen LogP contribution in [-0.2, 0) is 0 Å². The van der Waals surface area contributed by atoms with E-state index in [1.807, 2.05) is 6.26 Å². The number of nitrogens with two attached hydrogens (primary N) is 1. The Morgan fingerprint density at radius 1 is 1.56 bits per heavy atom. The lowest BCUT2D eigenvalue weighted by atomic mass is 10.3. The van der Waals surface area contributed by atoms with Crippen LogP contribution in [0.2, 0.25) is 0 Å². The van der Waals surface area contributed by atoms with Crippen molar-refractivity contribution < 1.29 is 4.79 Å². The zero-order valence-corrected chi connectivity index (χ0v) is 10.1. The summed E-state index contributed by atoms with van der Waals surface area (Å²) in [5, 5.41) is 7.53. The summed E-state index contributed by atoms with van der Waals surface area (Å²) >= 11 is 1.69. The van der Waals surface area contributed by atoms with Gasteiger partial charge in [-0.1, -0.05) is 0 Å². The minimum absolute atomic E-state index is 0.134. The fourth-order valence-corrected chi connectivity index (χ4v) is 1.51. The van der Waals surface area contributed by atoms with Gasteiger partial charge in [0.25, 0.3) is 5.91 Å². The van der Waals surface area contributed by atoms with Crippen LogP contribution in [0.15, 0.2) is 12.1 Å². The largest absolute Gasteiger partial charge is 0.339 e. The number of hydrogen-bond acceptors (Lipinski definition) is 6. The van der Waals surface area contributed by atoms with E-state index in [1.165, 1.54) is 0 Å². The zero-order chi connectivity index (χ0) is 12.0. The molecule has 3 N–H and O–H groups in total. The number of thioether (sulfide) groups is 1. The van der Waals surface area contributed by atoms with Gasteiger partial charge in [0.05, 0.1) is 0 Å². The van der Waals surface area contributed by atoms with Crippen molar-refractivity contribution in [1.82, 2.24) is 15.1 Å². The number of anilines is 1. The SMILES string of the molecule is CSCCN(C)C(=O)c1ccc(NN)nn1. The molecule has 0 saturated carbocycles. The van der Waals surface area contributed by atoms with Crippen molar-refractivity contribution >= 4 is 23.5 Å². The van der Waals surface area contributed by atoms with Crippen molar-refractivity contribution in [2.24, 2.45) is 5.84 Å². The highest BCUT2D eigenvalue weighted by atomic mass is 32.2. The lowest BCUT2D eigenvalue weighted by molar-refractivity contribution is 0.0797. The van der Waals surface area contributed by atoms with Crippen LogP contribution >= 0.6 is 11.8 Å². The Kier molecular flexibility index (Phi) is 5.00. The molecule has 1 aromatic rings. The molecule has 7 heteroatoms. The third kappa shape index (κ3) is 3.35. The Morgan fingerprint density at radius 3 is 2.81 bits per heavy atom. The number of nitrogen functional groups attached to an aromatic ring is 1. The highest BCUT2D eigenvalue weighted by molar-refractivity contribution is 7.98. The maximum atomic E-state index is 11.8. The van der Waals surface area contributed by atoms with E-state index in [4.69, 9.17) is 5.84 Å². The quantitative estimate of drug-likeness (QED) is 0.566. The van der Waals surface area contributed by atoms with Crippen LogP contribution in [-0.4, -0.2) is 46.6 Å². The van der Waals surface area contributed by atoms with E-state index in [0.29, 0.717) is 18.1 Å². The number of amides is 1. The summed E-state index contributed by atoms with van der Waals surface area (Å²) in [6, 6.07) is 3.21. The van der Waals surface area contributed by atoms with E-state index in [1.54, 1.807) is 35.8 Å². The smallest absolute Gasteiger partial charge is 0.274 e. The van der Waals surface area contributed by atoms with Gasteiger partial charge >= 0.3 is 0 Å². The van der Waals surface area contributed by atoms with E-state index < -0.39 is 0 Å². The first kappa shape index (κ1) is 12.7. The van der Waals surface area contributed by atoms with Crippen LogP contribution in [0.5, 0.6) is 0 Å². The molecule has 1 amide bonds. The minimum Gasteiger partial charge on any atom is -0.339 e. The van der Waals surface area contributed by atoms with E-state index in [0.717, 1.165) is 5.75 Å². The highest BCUT2D eigenvalue weighted by Gasteiger charge is 2.12. The highest BCUT2D eigenvalue weighted by Crippen LogP contribution is 2.03. The maximum absolute atomic E-state index is 11.8. The van der Waals surface area contributed by atoms with Gasteiger partial charge in [0, 0.05) is 19.3 Å². The summed E-state index contributed by atoms with van der Waals surface area (Å²) in [5.41, 5.74) is 2.68. The average Bonchev–Trinajstić information content (AvgIpc) is 2.35. The molecule has 88 valence electrons. The van der Waals surface area contributed by atoms with Crippen molar-refractivity contribution in [2.75, 3.05) is 31.0 Å². The molecule has 0 aromatic carbocycles. The lowest BCUT2D eigenvalue weighted by Crippen LogP contribution is -2.29. The summed E-state index contributed by atoms with van der Waals surface area (Å²) in [4.78, 5) is 13.4. The number of hydrazine groups is 1. The second kappa shape index (κ2) is 6.29. The molecule has 0 saturated heterocycles. The van der Waals surface area contributed by atoms with E-state index in [9.17, 15) is 4.79 Å². The Balaban J connectivity index is 2.64. The topological polar surface area (TPSA) is 84.1 Å². The molecular formula is C9H15N5OS. The maximum Gasteiger partial charge on any atom is 0.274 e. The molecule has 0 radical (unpaired) electrons. The molecular weight excluding hydrogens is 226 g/mol. The van der Waals surface area contributed by atoms with Crippen LogP contribution in [0.4, 0.5) is 5.82 Å². The molecule has 0 atom stereocenters. The van der Waals surface area contributed by atoms with Gasteiger partial charge in [-0.3, -0.25) is 4.79 Å². The van der Waals surface area contributed by atoms with Gasteiger partial charge in [0.15, 0.2) is 11.5 Å². The van der Waals surface area contributed by atoms with Crippen molar-refractivity contribution in [2.45, 2.75) is 0 Å². The molecule has 1 rings (SSSR count). The Bertz CT molecular complexity index is 342. The zero-order valence-electron chi connectivity index (χ0n) is 9.30. The predicted molar refractivity (Wildman–Crippen MR) is 65.2 cm³/mol. The van der Waals surface area contributed by atoms with Gasteiger partial charge in [0.1, 0.15) is 0 Å². The first-order chi connectivity index (χ1) is 7.69. The second-order valence-corrected chi connectivity index (χ2v) is 4.15. The number of rotatable bonds is 5. The van der Waals surface area contributed by atoms with Crippen molar-refractivity contribution in [3.05, 3.63) is 17.8 Å². The van der Waals surface area contributed by atoms with E-state index in [2.05, 4.69) is 15.6 Å². The lowest BCUT2D eigenvalue weighted by Gasteiger charge is -2.15. The molecule has 1 aromatic heterocycles. The molecule has 0 aliphatic heterocycles. The van der Waals surface area contributed by atoms with Gasteiger partial charge in [-0.25, -0.2) is 5.84 Å². The third-order valence-corrected chi connectivity index (χ3v) is 2.60. The molecule has 0 bridgehead atoms. The van der Waals surface area contributed by atoms with E-state index in [-0.39, 0.29) is 5.91 Å². The monoisotopic (exact) mass is 241 g/mol. The molecule has 1 heterocycles. The molecule has 6 nitrogen and oxygen atoms in total. The summed E-state index contributed by atoms with van der Waals surface area (Å²) in [7, 11) is 1.75. The first-order valence-electron chi connectivity index (χ1n) is 4.73. The fraction of sp³-hybridized carbons (Fsp3) is 0.444. The normalized spacial score (nSPS) is 9.94. The van der Waals surface area contributed by atoms with Crippen LogP contribution in [0.3, 0.4) is 0 Å². The average molecular weight is 241 g/mol. The first-order valence-corrected chi connectivity index (χ1v) is 6.13. The van der Waals surface area contributed by atoms with Gasteiger partial charge in [0.2, 0.25) is 0 Å². The van der Waals surface area contributed by atoms with Gasteiger partial charge in [-0.15, -0.1) is 10.2 Å². The minimum atomic E-state index is -0.134. The van der Waals surface area contributed by atoms with Crippen molar-refractivity contribution in [3.63, 3.8) is 0 Å². The number of aromatic nitrogens is 2. The number of carbonyl (C=O) groups is 1. The Morgan fingerprint density at radius 2 is 2.31 bits per heavy atom. The molecule has 0 aliphatic carbocycles. The van der Waals surface area contributed by atoms with Gasteiger partial charge in [-0.2, -0.15) is 11.8 Å². The van der Waals surface area contributed by atoms with Crippen LogP contribution in [0.25, 0.3) is 0 Å². The standard InChI is InChI=1S/C9H15N5OS/c1-14(5-6-16-2)9(15)7-3-4-8(11-10)13-12-7/h3-4H,5-6,10H2,1-2H3,(H,11,13). The van der Waals surface area contributed by atoms with Crippen molar-refractivity contribution in [3.8, 4) is 0 Å². The van der Waals surface area contributed by atoms with Gasteiger partial charge in [-0.05, 0) is 18.4 Å². The van der Waals surface area contributed by atoms with Crippen LogP contribution in [0.1, 0.15) is 10.5 Å². The number of carbonyl (C=O) groups excluding carboxylic acids is 1. The summed E-state index contributed by atoms with van der Waals surface area (Å²) in [6.45, 7) is 0.693. The van der Waals surface area contributed by atoms with Crippen molar-refractivity contribution in [1.29, 1.82) is 0 Å². The molecule has 0 spiro atoms. The molecule has 16 heavy (non-hydrogen) atoms. The summed E-state index contributed by atoms with van der Waals surface area (Å²) in [5.74, 6) is 6.35. The summed E-state index contributed by atoms with van der Waals surface area (Å²) in [6.07, 6.45) is 2.00. The van der Waals surface area contributed by atoms with Gasteiger partial charge < -0.3 is 10.3 Å². The van der Waals surface area contributed by atoms with Crippen LogP contribution in [0, 0.1) is 0 Å². The second-order valence-electron chi connectivity index (χ2n) is 3.17. The number of hydrogen-bond donors (Lipinski definition) is 2. The Labute approximate surface area is 98.6 Å². The van der Waals surface area contributed by atoms with E-state index >= 15 is 0 Å². The molecule has 0 aliphatic rings. The number of nitrogens with one attached hydrogen (secondary N) is 1. The summed E-state index contributed by atoms with van der Waals surface area (Å²) < 4.78 is 0. The van der Waals surface area contributed by atoms with Crippen LogP contribution < -0.4 is 11.3 Å². The third-order valence-electron chi connectivity index (χ3n) is 2.01. The molecule has 0 fully saturated rings. The number of nitrogens with zero attached hydrogens (tertiary/aromatic N) is 3. The fourth-order valence-electron chi connectivity index (χ4n) is 1.05. The Hall–Kier alpha value is -1.34.